The second-order valence-electron chi connectivity index (χ2n) is 9.97. The fourth-order valence-corrected chi connectivity index (χ4v) is 4.46. The maximum Gasteiger partial charge on any atom is 0.410 e. The maximum absolute atomic E-state index is 12.7. The van der Waals surface area contributed by atoms with Crippen molar-refractivity contribution in [2.24, 2.45) is 0 Å². The monoisotopic (exact) mass is 451 g/mol. The van der Waals surface area contributed by atoms with Crippen LogP contribution in [0.15, 0.2) is 34.9 Å². The average molecular weight is 452 g/mol. The number of nitrogens with one attached hydrogen (secondary N) is 1. The van der Waals surface area contributed by atoms with E-state index in [-0.39, 0.29) is 23.6 Å². The zero-order chi connectivity index (χ0) is 23.6. The molecule has 0 spiro atoms. The molecule has 176 valence electrons. The summed E-state index contributed by atoms with van der Waals surface area (Å²) in [5, 5.41) is 6.85. The summed E-state index contributed by atoms with van der Waals surface area (Å²) in [5.41, 5.74) is 4.03. The van der Waals surface area contributed by atoms with Gasteiger partial charge in [-0.2, -0.15) is 0 Å². The molecule has 2 amide bonds. The number of hydrogen-bond donors (Lipinski definition) is 1. The summed E-state index contributed by atoms with van der Waals surface area (Å²) in [6, 6.07) is 7.85. The van der Waals surface area contributed by atoms with Crippen molar-refractivity contribution in [2.75, 3.05) is 18.4 Å². The Bertz CT molecular complexity index is 1060. The fraction of sp³-hybridized carbons (Fsp3) is 0.500. The number of anilines is 1. The first kappa shape index (κ1) is 23.1. The first-order chi connectivity index (χ1) is 15.7. The molecule has 2 heterocycles. The molecule has 1 aromatic carbocycles. The van der Waals surface area contributed by atoms with E-state index in [1.807, 2.05) is 26.8 Å². The van der Waals surface area contributed by atoms with Gasteiger partial charge in [0.05, 0.1) is 0 Å². The van der Waals surface area contributed by atoms with E-state index >= 15 is 0 Å². The third-order valence-corrected chi connectivity index (χ3v) is 6.10. The first-order valence-corrected chi connectivity index (χ1v) is 11.8. The second kappa shape index (κ2) is 9.41. The van der Waals surface area contributed by atoms with Crippen LogP contribution in [-0.2, 0) is 4.74 Å². The normalized spacial score (nSPS) is 18.7. The number of carbonyl (C=O) groups excluding carboxylic acids is 2. The van der Waals surface area contributed by atoms with E-state index in [0.29, 0.717) is 18.8 Å². The van der Waals surface area contributed by atoms with Crippen molar-refractivity contribution in [3.63, 3.8) is 0 Å². The zero-order valence-corrected chi connectivity index (χ0v) is 19.9. The van der Waals surface area contributed by atoms with E-state index in [1.54, 1.807) is 17.9 Å². The van der Waals surface area contributed by atoms with Gasteiger partial charge in [-0.05, 0) is 83.1 Å². The molecule has 1 atom stereocenters. The molecule has 1 aromatic heterocycles. The van der Waals surface area contributed by atoms with Crippen LogP contribution in [0.1, 0.15) is 86.2 Å². The molecule has 1 fully saturated rings. The standard InChI is InChI=1S/C26H33N3O4/c1-17-14-23(28-33-17)24(30)27-22-11-10-19(15-21(22)18-8-6-5-7-9-18)20-12-13-29(16-20)25(31)32-26(2,3)4/h8,10-11,14-15,20H,5-7,9,12-13,16H2,1-4H3,(H,27,30). The molecule has 7 nitrogen and oxygen atoms in total. The van der Waals surface area contributed by atoms with Crippen molar-refractivity contribution in [3.05, 3.63) is 52.9 Å². The van der Waals surface area contributed by atoms with Crippen LogP contribution in [-0.4, -0.2) is 40.7 Å². The number of ether oxygens (including phenoxy) is 1. The minimum absolute atomic E-state index is 0.239. The van der Waals surface area contributed by atoms with E-state index < -0.39 is 5.60 Å². The highest BCUT2D eigenvalue weighted by Crippen LogP contribution is 2.36. The van der Waals surface area contributed by atoms with E-state index in [1.165, 1.54) is 17.6 Å². The first-order valence-electron chi connectivity index (χ1n) is 11.8. The summed E-state index contributed by atoms with van der Waals surface area (Å²) in [6.45, 7) is 8.74. The van der Waals surface area contributed by atoms with E-state index in [9.17, 15) is 9.59 Å². The SMILES string of the molecule is Cc1cc(C(=O)Nc2ccc(C3CCN(C(=O)OC(C)(C)C)C3)cc2C2=CCCCC2)no1. The number of benzene rings is 1. The summed E-state index contributed by atoms with van der Waals surface area (Å²) in [6.07, 6.45) is 7.28. The molecule has 2 aliphatic rings. The molecule has 4 rings (SSSR count). The minimum Gasteiger partial charge on any atom is -0.444 e. The van der Waals surface area contributed by atoms with Crippen molar-refractivity contribution in [3.8, 4) is 0 Å². The lowest BCUT2D eigenvalue weighted by molar-refractivity contribution is 0.0292. The van der Waals surface area contributed by atoms with E-state index in [2.05, 4.69) is 28.7 Å². The number of aromatic nitrogens is 1. The molecule has 0 saturated carbocycles. The number of nitrogens with zero attached hydrogens (tertiary/aromatic N) is 2. The number of likely N-dealkylation sites (tertiary alicyclic amines) is 1. The van der Waals surface area contributed by atoms with Gasteiger partial charge in [0.1, 0.15) is 11.4 Å². The third kappa shape index (κ3) is 5.64. The Balaban J connectivity index is 1.56. The van der Waals surface area contributed by atoms with Crippen LogP contribution < -0.4 is 5.32 Å². The van der Waals surface area contributed by atoms with Gasteiger partial charge < -0.3 is 19.5 Å². The summed E-state index contributed by atoms with van der Waals surface area (Å²) in [7, 11) is 0. The van der Waals surface area contributed by atoms with Gasteiger partial charge in [0, 0.05) is 36.3 Å². The quantitative estimate of drug-likeness (QED) is 0.624. The lowest BCUT2D eigenvalue weighted by atomic mass is 9.89. The number of carbonyl (C=O) groups is 2. The van der Waals surface area contributed by atoms with Crippen molar-refractivity contribution in [2.45, 2.75) is 71.3 Å². The molecule has 33 heavy (non-hydrogen) atoms. The van der Waals surface area contributed by atoms with Crippen molar-refractivity contribution < 1.29 is 18.8 Å². The smallest absolute Gasteiger partial charge is 0.410 e. The maximum atomic E-state index is 12.7. The van der Waals surface area contributed by atoms with Crippen LogP contribution in [0.25, 0.3) is 5.57 Å². The van der Waals surface area contributed by atoms with Crippen LogP contribution in [0.5, 0.6) is 0 Å². The Labute approximate surface area is 195 Å². The van der Waals surface area contributed by atoms with Crippen molar-refractivity contribution in [1.29, 1.82) is 0 Å². The number of hydrogen-bond acceptors (Lipinski definition) is 5. The lowest BCUT2D eigenvalue weighted by Gasteiger charge is -2.24. The number of amides is 2. The summed E-state index contributed by atoms with van der Waals surface area (Å²) >= 11 is 0. The predicted molar refractivity (Wildman–Crippen MR) is 127 cm³/mol. The fourth-order valence-electron chi connectivity index (χ4n) is 4.46. The van der Waals surface area contributed by atoms with Crippen LogP contribution >= 0.6 is 0 Å². The highest BCUT2D eigenvalue weighted by Gasteiger charge is 2.31. The van der Waals surface area contributed by atoms with Gasteiger partial charge >= 0.3 is 6.09 Å². The Morgan fingerprint density at radius 1 is 1.21 bits per heavy atom. The molecule has 7 heteroatoms. The van der Waals surface area contributed by atoms with Gasteiger partial charge in [-0.1, -0.05) is 17.3 Å². The van der Waals surface area contributed by atoms with Crippen molar-refractivity contribution in [1.82, 2.24) is 10.1 Å². The number of allylic oxidation sites excluding steroid dienone is 2. The van der Waals surface area contributed by atoms with Crippen molar-refractivity contribution >= 4 is 23.3 Å². The van der Waals surface area contributed by atoms with Crippen LogP contribution in [0.2, 0.25) is 0 Å². The number of aryl methyl sites for hydroxylation is 1. The molecule has 2 aromatic rings. The summed E-state index contributed by atoms with van der Waals surface area (Å²) in [5.74, 6) is 0.555. The molecular weight excluding hydrogens is 418 g/mol. The minimum atomic E-state index is -0.502. The topological polar surface area (TPSA) is 84.7 Å². The summed E-state index contributed by atoms with van der Waals surface area (Å²) in [4.78, 5) is 27.0. The van der Waals surface area contributed by atoms with Gasteiger partial charge in [0.15, 0.2) is 5.69 Å². The third-order valence-electron chi connectivity index (χ3n) is 6.10. The number of rotatable bonds is 4. The van der Waals surface area contributed by atoms with Gasteiger partial charge in [0.2, 0.25) is 0 Å². The molecule has 1 N–H and O–H groups in total. The van der Waals surface area contributed by atoms with Gasteiger partial charge in [-0.25, -0.2) is 4.79 Å². The molecule has 0 radical (unpaired) electrons. The average Bonchev–Trinajstić information content (AvgIpc) is 3.43. The highest BCUT2D eigenvalue weighted by molar-refractivity contribution is 6.04. The molecule has 1 aliphatic heterocycles. The molecular formula is C26H33N3O4. The van der Waals surface area contributed by atoms with Crippen LogP contribution in [0.4, 0.5) is 10.5 Å². The van der Waals surface area contributed by atoms with Gasteiger partial charge in [0.25, 0.3) is 5.91 Å². The largest absolute Gasteiger partial charge is 0.444 e. The van der Waals surface area contributed by atoms with Gasteiger partial charge in [-0.15, -0.1) is 0 Å². The summed E-state index contributed by atoms with van der Waals surface area (Å²) < 4.78 is 10.6. The Hall–Kier alpha value is -3.09. The Morgan fingerprint density at radius 3 is 2.70 bits per heavy atom. The van der Waals surface area contributed by atoms with Gasteiger partial charge in [-0.3, -0.25) is 4.79 Å². The highest BCUT2D eigenvalue weighted by atomic mass is 16.6. The molecule has 0 bridgehead atoms. The zero-order valence-electron chi connectivity index (χ0n) is 19.9. The molecule has 1 saturated heterocycles. The second-order valence-corrected chi connectivity index (χ2v) is 9.97. The lowest BCUT2D eigenvalue weighted by Crippen LogP contribution is -2.35. The molecule has 1 unspecified atom stereocenters. The molecule has 1 aliphatic carbocycles. The Kier molecular flexibility index (Phi) is 6.58. The van der Waals surface area contributed by atoms with Crippen LogP contribution in [0, 0.1) is 6.92 Å². The Morgan fingerprint density at radius 2 is 2.03 bits per heavy atom. The van der Waals surface area contributed by atoms with Crippen LogP contribution in [0.3, 0.4) is 0 Å². The van der Waals surface area contributed by atoms with E-state index in [0.717, 1.165) is 36.9 Å². The van der Waals surface area contributed by atoms with E-state index in [4.69, 9.17) is 9.26 Å². The predicted octanol–water partition coefficient (Wildman–Crippen LogP) is 5.92.